The third kappa shape index (κ3) is 1.75. The van der Waals surface area contributed by atoms with Crippen LogP contribution >= 0.6 is 0 Å². The smallest absolute Gasteiger partial charge is 0.0461 e. The zero-order chi connectivity index (χ0) is 12.5. The van der Waals surface area contributed by atoms with Gasteiger partial charge in [0.25, 0.3) is 0 Å². The molecule has 0 atom stereocenters. The van der Waals surface area contributed by atoms with E-state index in [4.69, 9.17) is 11.5 Å². The Morgan fingerprint density at radius 2 is 1.78 bits per heavy atom. The van der Waals surface area contributed by atoms with Crippen molar-refractivity contribution in [3.63, 3.8) is 0 Å². The van der Waals surface area contributed by atoms with Gasteiger partial charge in [-0.15, -0.1) is 0 Å². The lowest BCUT2D eigenvalue weighted by Gasteiger charge is -2.02. The summed E-state index contributed by atoms with van der Waals surface area (Å²) < 4.78 is 0. The maximum Gasteiger partial charge on any atom is 0.0461 e. The minimum absolute atomic E-state index is 0.571. The van der Waals surface area contributed by atoms with Gasteiger partial charge < -0.3 is 16.5 Å². The highest BCUT2D eigenvalue weighted by Gasteiger charge is 2.06. The van der Waals surface area contributed by atoms with Gasteiger partial charge in [0.1, 0.15) is 0 Å². The van der Waals surface area contributed by atoms with E-state index in [2.05, 4.69) is 29.2 Å². The summed E-state index contributed by atoms with van der Waals surface area (Å²) in [5.41, 5.74) is 16.8. The van der Waals surface area contributed by atoms with Crippen molar-refractivity contribution in [2.75, 3.05) is 5.73 Å². The first kappa shape index (κ1) is 10.9. The lowest BCUT2D eigenvalue weighted by Crippen LogP contribution is -1.95. The summed E-state index contributed by atoms with van der Waals surface area (Å²) in [6.07, 6.45) is 2.02. The fourth-order valence-electron chi connectivity index (χ4n) is 2.20. The predicted octanol–water partition coefficient (Wildman–Crippen LogP) is 2.88. The van der Waals surface area contributed by atoms with Gasteiger partial charge in [-0.25, -0.2) is 0 Å². The third-order valence-electron chi connectivity index (χ3n) is 3.21. The van der Waals surface area contributed by atoms with E-state index in [0.717, 1.165) is 22.2 Å². The van der Waals surface area contributed by atoms with Gasteiger partial charge in [-0.2, -0.15) is 0 Å². The maximum atomic E-state index is 5.85. The molecule has 3 rings (SSSR count). The first-order valence-electron chi connectivity index (χ1n) is 5.94. The second-order valence-electron chi connectivity index (χ2n) is 4.41. The molecule has 0 spiro atoms. The Balaban J connectivity index is 2.15. The van der Waals surface area contributed by atoms with Crippen molar-refractivity contribution in [2.24, 2.45) is 5.73 Å². The number of benzene rings is 2. The van der Waals surface area contributed by atoms with E-state index in [0.29, 0.717) is 6.54 Å². The summed E-state index contributed by atoms with van der Waals surface area (Å²) in [4.78, 5) is 3.26. The van der Waals surface area contributed by atoms with Gasteiger partial charge >= 0.3 is 0 Å². The number of hydrogen-bond donors (Lipinski definition) is 3. The molecule has 1 aromatic heterocycles. The van der Waals surface area contributed by atoms with E-state index in [9.17, 15) is 0 Å². The van der Waals surface area contributed by atoms with Gasteiger partial charge in [-0.3, -0.25) is 0 Å². The standard InChI is InChI=1S/C15H15N3/c16-8-10-1-3-11(4-2-10)14-9-18-15-6-5-12(17)7-13(14)15/h1-7,9,18H,8,16-17H2. The number of H-pyrrole nitrogens is 1. The van der Waals surface area contributed by atoms with Crippen molar-refractivity contribution in [3.05, 3.63) is 54.2 Å². The molecule has 0 fully saturated rings. The Morgan fingerprint density at radius 1 is 1.00 bits per heavy atom. The number of nitrogens with two attached hydrogens (primary N) is 2. The molecular weight excluding hydrogens is 222 g/mol. The van der Waals surface area contributed by atoms with Crippen LogP contribution in [-0.2, 0) is 6.54 Å². The molecule has 3 nitrogen and oxygen atoms in total. The number of fused-ring (bicyclic) bond motifs is 1. The van der Waals surface area contributed by atoms with Gasteiger partial charge in [0, 0.05) is 34.9 Å². The molecule has 0 saturated heterocycles. The summed E-state index contributed by atoms with van der Waals surface area (Å²) >= 11 is 0. The molecule has 0 bridgehead atoms. The van der Waals surface area contributed by atoms with Gasteiger partial charge in [-0.1, -0.05) is 24.3 Å². The molecule has 0 unspecified atom stereocenters. The largest absolute Gasteiger partial charge is 0.399 e. The topological polar surface area (TPSA) is 67.8 Å². The Labute approximate surface area is 105 Å². The lowest BCUT2D eigenvalue weighted by atomic mass is 10.0. The summed E-state index contributed by atoms with van der Waals surface area (Å²) in [7, 11) is 0. The van der Waals surface area contributed by atoms with Crippen molar-refractivity contribution in [1.29, 1.82) is 0 Å². The van der Waals surface area contributed by atoms with Gasteiger partial charge in [0.2, 0.25) is 0 Å². The minimum atomic E-state index is 0.571. The van der Waals surface area contributed by atoms with Crippen LogP contribution < -0.4 is 11.5 Å². The molecule has 90 valence electrons. The molecule has 5 N–H and O–H groups in total. The highest BCUT2D eigenvalue weighted by atomic mass is 14.7. The Kier molecular flexibility index (Phi) is 2.54. The number of hydrogen-bond acceptors (Lipinski definition) is 2. The Hall–Kier alpha value is -2.26. The van der Waals surface area contributed by atoms with Crippen LogP contribution in [0.5, 0.6) is 0 Å². The molecule has 18 heavy (non-hydrogen) atoms. The van der Waals surface area contributed by atoms with Crippen molar-refractivity contribution < 1.29 is 0 Å². The highest BCUT2D eigenvalue weighted by molar-refractivity contribution is 5.97. The number of rotatable bonds is 2. The average molecular weight is 237 g/mol. The fraction of sp³-hybridized carbons (Fsp3) is 0.0667. The molecule has 0 aliphatic carbocycles. The van der Waals surface area contributed by atoms with Crippen LogP contribution in [-0.4, -0.2) is 4.98 Å². The van der Waals surface area contributed by atoms with Gasteiger partial charge in [0.05, 0.1) is 0 Å². The van der Waals surface area contributed by atoms with Crippen molar-refractivity contribution in [2.45, 2.75) is 6.54 Å². The summed E-state index contributed by atoms with van der Waals surface area (Å²) in [6, 6.07) is 14.2. The van der Waals surface area contributed by atoms with Crippen molar-refractivity contribution in [3.8, 4) is 11.1 Å². The molecule has 3 heteroatoms. The molecule has 2 aromatic carbocycles. The monoisotopic (exact) mass is 237 g/mol. The van der Waals surface area contributed by atoms with Crippen LogP contribution in [0.2, 0.25) is 0 Å². The zero-order valence-corrected chi connectivity index (χ0v) is 9.98. The summed E-state index contributed by atoms with van der Waals surface area (Å²) in [5, 5.41) is 1.15. The molecule has 0 aliphatic heterocycles. The number of aromatic nitrogens is 1. The minimum Gasteiger partial charge on any atom is -0.399 e. The van der Waals surface area contributed by atoms with E-state index in [1.807, 2.05) is 24.4 Å². The molecular formula is C15H15N3. The summed E-state index contributed by atoms with van der Waals surface area (Å²) in [6.45, 7) is 0.571. The van der Waals surface area contributed by atoms with E-state index < -0.39 is 0 Å². The average Bonchev–Trinajstić information content (AvgIpc) is 2.82. The van der Waals surface area contributed by atoms with E-state index in [1.165, 1.54) is 11.1 Å². The molecule has 0 aliphatic rings. The van der Waals surface area contributed by atoms with Crippen LogP contribution in [0, 0.1) is 0 Å². The number of aromatic amines is 1. The highest BCUT2D eigenvalue weighted by Crippen LogP contribution is 2.29. The van der Waals surface area contributed by atoms with E-state index >= 15 is 0 Å². The van der Waals surface area contributed by atoms with Crippen molar-refractivity contribution >= 4 is 16.6 Å². The first-order valence-corrected chi connectivity index (χ1v) is 5.94. The Bertz CT molecular complexity index is 681. The van der Waals surface area contributed by atoms with Crippen LogP contribution in [0.25, 0.3) is 22.0 Å². The van der Waals surface area contributed by atoms with Crippen LogP contribution in [0.1, 0.15) is 5.56 Å². The molecule has 0 saturated carbocycles. The third-order valence-corrected chi connectivity index (χ3v) is 3.21. The van der Waals surface area contributed by atoms with Gasteiger partial charge in [-0.05, 0) is 29.3 Å². The number of nitrogen functional groups attached to an aromatic ring is 1. The molecule has 3 aromatic rings. The number of nitrogens with one attached hydrogen (secondary N) is 1. The van der Waals surface area contributed by atoms with E-state index in [-0.39, 0.29) is 0 Å². The molecule has 0 amide bonds. The van der Waals surface area contributed by atoms with Crippen LogP contribution in [0.15, 0.2) is 48.7 Å². The summed E-state index contributed by atoms with van der Waals surface area (Å²) in [5.74, 6) is 0. The zero-order valence-electron chi connectivity index (χ0n) is 9.98. The SMILES string of the molecule is NCc1ccc(-c2c[nH]c3ccc(N)cc23)cc1. The Morgan fingerprint density at radius 3 is 2.50 bits per heavy atom. The van der Waals surface area contributed by atoms with Crippen LogP contribution in [0.3, 0.4) is 0 Å². The maximum absolute atomic E-state index is 5.85. The predicted molar refractivity (Wildman–Crippen MR) is 76.0 cm³/mol. The molecule has 0 radical (unpaired) electrons. The quantitative estimate of drug-likeness (QED) is 0.600. The van der Waals surface area contributed by atoms with E-state index in [1.54, 1.807) is 0 Å². The normalized spacial score (nSPS) is 10.9. The molecule has 1 heterocycles. The van der Waals surface area contributed by atoms with Gasteiger partial charge in [0.15, 0.2) is 0 Å². The number of anilines is 1. The second-order valence-corrected chi connectivity index (χ2v) is 4.41. The fourth-order valence-corrected chi connectivity index (χ4v) is 2.20. The van der Waals surface area contributed by atoms with Crippen molar-refractivity contribution in [1.82, 2.24) is 4.98 Å². The van der Waals surface area contributed by atoms with Crippen LogP contribution in [0.4, 0.5) is 5.69 Å². The lowest BCUT2D eigenvalue weighted by molar-refractivity contribution is 1.07. The second kappa shape index (κ2) is 4.20. The first-order chi connectivity index (χ1) is 8.78.